The van der Waals surface area contributed by atoms with E-state index in [1.54, 1.807) is 0 Å². The van der Waals surface area contributed by atoms with Crippen molar-refractivity contribution in [3.63, 3.8) is 0 Å². The first-order valence-electron chi connectivity index (χ1n) is 3.42. The van der Waals surface area contributed by atoms with E-state index in [0.717, 1.165) is 3.57 Å². The van der Waals surface area contributed by atoms with Gasteiger partial charge in [0.15, 0.2) is 0 Å². The molecule has 5 nitrogen and oxygen atoms in total. The molecular formula is C7H9IN2O3. The van der Waals surface area contributed by atoms with Crippen LogP contribution in [0.15, 0.2) is 0 Å². The molecule has 0 fully saturated rings. The summed E-state index contributed by atoms with van der Waals surface area (Å²) in [7, 11) is 4.55. The van der Waals surface area contributed by atoms with Crippen molar-refractivity contribution in [2.75, 3.05) is 21.3 Å². The van der Waals surface area contributed by atoms with Crippen LogP contribution < -0.4 is 14.2 Å². The first kappa shape index (κ1) is 10.3. The molecule has 0 aliphatic carbocycles. The molecule has 0 saturated heterocycles. The van der Waals surface area contributed by atoms with E-state index in [1.165, 1.54) is 21.3 Å². The van der Waals surface area contributed by atoms with Crippen LogP contribution in [-0.4, -0.2) is 31.3 Å². The Balaban J connectivity index is 3.20. The topological polar surface area (TPSA) is 53.5 Å². The fourth-order valence-corrected chi connectivity index (χ4v) is 1.43. The molecule has 0 N–H and O–H groups in total. The van der Waals surface area contributed by atoms with Gasteiger partial charge in [0, 0.05) is 0 Å². The molecule has 0 amide bonds. The van der Waals surface area contributed by atoms with Crippen LogP contribution in [0.2, 0.25) is 0 Å². The van der Waals surface area contributed by atoms with Gasteiger partial charge in [-0.1, -0.05) is 0 Å². The number of ether oxygens (including phenoxy) is 3. The Hall–Kier alpha value is -0.790. The number of methoxy groups -OCH3 is 3. The van der Waals surface area contributed by atoms with Crippen molar-refractivity contribution in [3.8, 4) is 17.8 Å². The third-order valence-electron chi connectivity index (χ3n) is 1.34. The van der Waals surface area contributed by atoms with E-state index in [2.05, 4.69) is 9.97 Å². The third kappa shape index (κ3) is 2.11. The summed E-state index contributed by atoms with van der Waals surface area (Å²) in [5, 5.41) is 0. The van der Waals surface area contributed by atoms with E-state index in [-0.39, 0.29) is 6.01 Å². The molecule has 0 aliphatic heterocycles. The van der Waals surface area contributed by atoms with Crippen molar-refractivity contribution in [1.29, 1.82) is 0 Å². The average Bonchev–Trinajstić information content (AvgIpc) is 2.18. The summed E-state index contributed by atoms with van der Waals surface area (Å²) in [5.74, 6) is 0.897. The van der Waals surface area contributed by atoms with Crippen LogP contribution in [0.3, 0.4) is 0 Å². The molecule has 0 aliphatic rings. The molecule has 72 valence electrons. The fourth-order valence-electron chi connectivity index (χ4n) is 0.750. The molecule has 0 bridgehead atoms. The van der Waals surface area contributed by atoms with Gasteiger partial charge in [0.05, 0.1) is 21.3 Å². The minimum absolute atomic E-state index is 0.231. The van der Waals surface area contributed by atoms with Gasteiger partial charge >= 0.3 is 6.01 Å². The molecule has 0 atom stereocenters. The summed E-state index contributed by atoms with van der Waals surface area (Å²) in [4.78, 5) is 7.95. The van der Waals surface area contributed by atoms with Gasteiger partial charge in [-0.25, -0.2) is 0 Å². The Morgan fingerprint density at radius 3 is 1.69 bits per heavy atom. The third-order valence-corrected chi connectivity index (χ3v) is 2.26. The summed E-state index contributed by atoms with van der Waals surface area (Å²) < 4.78 is 15.6. The minimum Gasteiger partial charge on any atom is -0.480 e. The Bertz CT molecular complexity index is 281. The Kier molecular flexibility index (Phi) is 3.52. The number of halogens is 1. The fraction of sp³-hybridized carbons (Fsp3) is 0.429. The lowest BCUT2D eigenvalue weighted by Crippen LogP contribution is -2.01. The number of nitrogens with zero attached hydrogens (tertiary/aromatic N) is 2. The molecule has 0 radical (unpaired) electrons. The van der Waals surface area contributed by atoms with E-state index in [4.69, 9.17) is 14.2 Å². The lowest BCUT2D eigenvalue weighted by Gasteiger charge is -2.07. The SMILES string of the molecule is COc1nc(OC)c(I)c(OC)n1. The zero-order valence-electron chi connectivity index (χ0n) is 7.50. The van der Waals surface area contributed by atoms with Crippen molar-refractivity contribution in [2.24, 2.45) is 0 Å². The predicted octanol–water partition coefficient (Wildman–Crippen LogP) is 1.11. The highest BCUT2D eigenvalue weighted by molar-refractivity contribution is 14.1. The second kappa shape index (κ2) is 4.45. The van der Waals surface area contributed by atoms with E-state index >= 15 is 0 Å². The monoisotopic (exact) mass is 296 g/mol. The normalized spacial score (nSPS) is 9.54. The van der Waals surface area contributed by atoms with Crippen molar-refractivity contribution < 1.29 is 14.2 Å². The van der Waals surface area contributed by atoms with Crippen LogP contribution in [0.5, 0.6) is 17.8 Å². The van der Waals surface area contributed by atoms with E-state index < -0.39 is 0 Å². The van der Waals surface area contributed by atoms with Crippen molar-refractivity contribution in [1.82, 2.24) is 9.97 Å². The number of hydrogen-bond donors (Lipinski definition) is 0. The first-order valence-corrected chi connectivity index (χ1v) is 4.50. The van der Waals surface area contributed by atoms with Crippen LogP contribution in [0.4, 0.5) is 0 Å². The van der Waals surface area contributed by atoms with Gasteiger partial charge in [0.2, 0.25) is 11.8 Å². The van der Waals surface area contributed by atoms with Crippen LogP contribution in [0, 0.1) is 3.57 Å². The summed E-state index contributed by atoms with van der Waals surface area (Å²) in [5.41, 5.74) is 0. The molecule has 0 aromatic carbocycles. The van der Waals surface area contributed by atoms with Gasteiger partial charge in [-0.15, -0.1) is 0 Å². The molecule has 0 spiro atoms. The number of hydrogen-bond acceptors (Lipinski definition) is 5. The second-order valence-corrected chi connectivity index (χ2v) is 3.12. The Labute approximate surface area is 89.6 Å². The van der Waals surface area contributed by atoms with Gasteiger partial charge in [-0.05, 0) is 22.6 Å². The lowest BCUT2D eigenvalue weighted by molar-refractivity contribution is 0.325. The maximum absolute atomic E-state index is 5.01. The minimum atomic E-state index is 0.231. The highest BCUT2D eigenvalue weighted by atomic mass is 127. The van der Waals surface area contributed by atoms with Crippen LogP contribution in [0.25, 0.3) is 0 Å². The standard InChI is InChI=1S/C7H9IN2O3/c1-11-5-4(8)6(12-2)10-7(9-5)13-3/h1-3H3. The zero-order chi connectivity index (χ0) is 9.84. The van der Waals surface area contributed by atoms with Crippen LogP contribution in [0.1, 0.15) is 0 Å². The highest BCUT2D eigenvalue weighted by Gasteiger charge is 2.13. The van der Waals surface area contributed by atoms with Gasteiger partial charge in [0.1, 0.15) is 3.57 Å². The summed E-state index contributed by atoms with van der Waals surface area (Å²) in [6, 6.07) is 0.231. The maximum Gasteiger partial charge on any atom is 0.322 e. The van der Waals surface area contributed by atoms with Gasteiger partial charge in [-0.3, -0.25) is 0 Å². The van der Waals surface area contributed by atoms with Gasteiger partial charge < -0.3 is 14.2 Å². The van der Waals surface area contributed by atoms with Crippen LogP contribution in [-0.2, 0) is 0 Å². The van der Waals surface area contributed by atoms with Crippen molar-refractivity contribution in [3.05, 3.63) is 3.57 Å². The van der Waals surface area contributed by atoms with E-state index in [9.17, 15) is 0 Å². The van der Waals surface area contributed by atoms with E-state index in [1.807, 2.05) is 22.6 Å². The molecule has 1 heterocycles. The predicted molar refractivity (Wildman–Crippen MR) is 54.4 cm³/mol. The van der Waals surface area contributed by atoms with Gasteiger partial charge in [-0.2, -0.15) is 9.97 Å². The van der Waals surface area contributed by atoms with Crippen molar-refractivity contribution >= 4 is 22.6 Å². The molecule has 1 aromatic rings. The zero-order valence-corrected chi connectivity index (χ0v) is 9.65. The molecular weight excluding hydrogens is 287 g/mol. The highest BCUT2D eigenvalue weighted by Crippen LogP contribution is 2.28. The summed E-state index contributed by atoms with van der Waals surface area (Å²) in [6.45, 7) is 0. The molecule has 1 rings (SSSR count). The molecule has 0 saturated carbocycles. The van der Waals surface area contributed by atoms with Crippen molar-refractivity contribution in [2.45, 2.75) is 0 Å². The van der Waals surface area contributed by atoms with E-state index in [0.29, 0.717) is 11.8 Å². The largest absolute Gasteiger partial charge is 0.480 e. The summed E-state index contributed by atoms with van der Waals surface area (Å²) in [6.07, 6.45) is 0. The number of aromatic nitrogens is 2. The summed E-state index contributed by atoms with van der Waals surface area (Å²) >= 11 is 2.04. The quantitative estimate of drug-likeness (QED) is 0.782. The second-order valence-electron chi connectivity index (χ2n) is 2.04. The van der Waals surface area contributed by atoms with Crippen LogP contribution >= 0.6 is 22.6 Å². The molecule has 0 unspecified atom stereocenters. The smallest absolute Gasteiger partial charge is 0.322 e. The number of rotatable bonds is 3. The Morgan fingerprint density at radius 1 is 0.923 bits per heavy atom. The van der Waals surface area contributed by atoms with Gasteiger partial charge in [0.25, 0.3) is 0 Å². The molecule has 6 heteroatoms. The molecule has 1 aromatic heterocycles. The molecule has 13 heavy (non-hydrogen) atoms. The maximum atomic E-state index is 5.01. The lowest BCUT2D eigenvalue weighted by atomic mass is 10.6. The average molecular weight is 296 g/mol. The Morgan fingerprint density at radius 2 is 1.38 bits per heavy atom. The first-order chi connectivity index (χ1) is 6.22.